The number of hydrogen-bond donors (Lipinski definition) is 2. The maximum absolute atomic E-state index is 12.8. The fraction of sp³-hybridized carbons (Fsp3) is 0.429. The highest BCUT2D eigenvalue weighted by Gasteiger charge is 2.20. The highest BCUT2D eigenvalue weighted by Crippen LogP contribution is 2.10. The van der Waals surface area contributed by atoms with Crippen LogP contribution in [-0.4, -0.2) is 62.7 Å². The van der Waals surface area contributed by atoms with E-state index in [1.165, 1.54) is 17.4 Å². The van der Waals surface area contributed by atoms with Crippen LogP contribution in [0.1, 0.15) is 22.3 Å². The van der Waals surface area contributed by atoms with Crippen molar-refractivity contribution in [1.29, 1.82) is 0 Å². The van der Waals surface area contributed by atoms with Crippen molar-refractivity contribution in [1.82, 2.24) is 10.2 Å². The number of quaternary nitrogens is 1. The molecule has 0 radical (unpaired) electrons. The molecule has 1 aromatic heterocycles. The molecule has 0 atom stereocenters. The van der Waals surface area contributed by atoms with Crippen LogP contribution < -0.4 is 10.2 Å². The zero-order valence-electron chi connectivity index (χ0n) is 16.1. The molecule has 2 N–H and O–H groups in total. The van der Waals surface area contributed by atoms with Gasteiger partial charge < -0.3 is 24.3 Å². The summed E-state index contributed by atoms with van der Waals surface area (Å²) in [4.78, 5) is 28.2. The third kappa shape index (κ3) is 6.21. The summed E-state index contributed by atoms with van der Waals surface area (Å²) in [5.41, 5.74) is 1.42. The van der Waals surface area contributed by atoms with E-state index >= 15 is 0 Å². The van der Waals surface area contributed by atoms with Gasteiger partial charge in [0, 0.05) is 19.5 Å². The number of carbonyl (C=O) groups excluding carboxylic acids is 2. The largest absolute Gasteiger partial charge is 0.472 e. The summed E-state index contributed by atoms with van der Waals surface area (Å²) in [5.74, 6) is -0.365. The van der Waals surface area contributed by atoms with Crippen LogP contribution >= 0.6 is 0 Å². The Morgan fingerprint density at radius 2 is 1.89 bits per heavy atom. The van der Waals surface area contributed by atoms with E-state index in [0.29, 0.717) is 18.7 Å². The number of hydrogen-bond acceptors (Lipinski definition) is 4. The SMILES string of the molecule is O=C(CN(Cc1ccccc1)C(=O)c1ccoc1)NCCC[NH+]1CCOCC1. The molecular weight excluding hydrogens is 358 g/mol. The molecule has 150 valence electrons. The molecule has 1 fully saturated rings. The number of nitrogens with one attached hydrogen (secondary N) is 2. The summed E-state index contributed by atoms with van der Waals surface area (Å²) < 4.78 is 10.4. The van der Waals surface area contributed by atoms with E-state index < -0.39 is 0 Å². The van der Waals surface area contributed by atoms with E-state index in [1.54, 1.807) is 11.0 Å². The number of amides is 2. The highest BCUT2D eigenvalue weighted by molar-refractivity contribution is 5.96. The van der Waals surface area contributed by atoms with Crippen molar-refractivity contribution >= 4 is 11.8 Å². The van der Waals surface area contributed by atoms with Crippen LogP contribution in [-0.2, 0) is 16.1 Å². The van der Waals surface area contributed by atoms with Gasteiger partial charge in [-0.15, -0.1) is 0 Å². The number of rotatable bonds is 9. The van der Waals surface area contributed by atoms with E-state index in [4.69, 9.17) is 9.15 Å². The van der Waals surface area contributed by atoms with Crippen molar-refractivity contribution < 1.29 is 23.6 Å². The number of ether oxygens (including phenoxy) is 1. The van der Waals surface area contributed by atoms with Gasteiger partial charge in [-0.05, 0) is 11.6 Å². The first-order valence-corrected chi connectivity index (χ1v) is 9.76. The molecule has 7 heteroatoms. The molecule has 0 saturated carbocycles. The van der Waals surface area contributed by atoms with Gasteiger partial charge in [-0.3, -0.25) is 9.59 Å². The summed E-state index contributed by atoms with van der Waals surface area (Å²) in [6.07, 6.45) is 3.78. The first-order valence-electron chi connectivity index (χ1n) is 9.76. The Morgan fingerprint density at radius 3 is 2.61 bits per heavy atom. The number of morpholine rings is 1. The van der Waals surface area contributed by atoms with Crippen molar-refractivity contribution in [2.45, 2.75) is 13.0 Å². The molecule has 2 heterocycles. The first-order chi connectivity index (χ1) is 13.7. The van der Waals surface area contributed by atoms with Gasteiger partial charge in [0.25, 0.3) is 5.91 Å². The second-order valence-electron chi connectivity index (χ2n) is 6.97. The van der Waals surface area contributed by atoms with Gasteiger partial charge in [0.2, 0.25) is 5.91 Å². The van der Waals surface area contributed by atoms with E-state index in [0.717, 1.165) is 44.8 Å². The van der Waals surface area contributed by atoms with E-state index in [-0.39, 0.29) is 18.4 Å². The molecule has 0 spiro atoms. The fourth-order valence-electron chi connectivity index (χ4n) is 3.28. The molecule has 2 aromatic rings. The minimum atomic E-state index is -0.217. The minimum Gasteiger partial charge on any atom is -0.472 e. The Balaban J connectivity index is 1.49. The molecule has 3 rings (SSSR count). The van der Waals surface area contributed by atoms with Crippen LogP contribution in [0.2, 0.25) is 0 Å². The number of benzene rings is 1. The van der Waals surface area contributed by atoms with Gasteiger partial charge in [0.05, 0.1) is 31.6 Å². The second-order valence-corrected chi connectivity index (χ2v) is 6.97. The lowest BCUT2D eigenvalue weighted by atomic mass is 10.2. The molecule has 0 bridgehead atoms. The monoisotopic (exact) mass is 386 g/mol. The van der Waals surface area contributed by atoms with Gasteiger partial charge >= 0.3 is 0 Å². The summed E-state index contributed by atoms with van der Waals surface area (Å²) in [6, 6.07) is 11.3. The molecule has 28 heavy (non-hydrogen) atoms. The van der Waals surface area contributed by atoms with Gasteiger partial charge in [0.1, 0.15) is 25.9 Å². The standard InChI is InChI=1S/C21H27N3O4/c25-20(22-8-4-9-23-10-13-27-14-11-23)16-24(15-18-5-2-1-3-6-18)21(26)19-7-12-28-17-19/h1-3,5-7,12,17H,4,8-11,13-16H2,(H,22,25)/p+1. The zero-order valence-corrected chi connectivity index (χ0v) is 16.1. The Labute approximate surface area is 165 Å². The Morgan fingerprint density at radius 1 is 1.11 bits per heavy atom. The van der Waals surface area contributed by atoms with Crippen LogP contribution in [0.5, 0.6) is 0 Å². The smallest absolute Gasteiger partial charge is 0.257 e. The number of carbonyl (C=O) groups is 2. The van der Waals surface area contributed by atoms with Gasteiger partial charge in [-0.2, -0.15) is 0 Å². The maximum atomic E-state index is 12.8. The van der Waals surface area contributed by atoms with Crippen molar-refractivity contribution in [2.75, 3.05) is 45.9 Å². The molecule has 2 amide bonds. The third-order valence-corrected chi connectivity index (χ3v) is 4.84. The summed E-state index contributed by atoms with van der Waals surface area (Å²) in [5, 5.41) is 2.94. The van der Waals surface area contributed by atoms with Gasteiger partial charge in [-0.25, -0.2) is 0 Å². The lowest BCUT2D eigenvalue weighted by molar-refractivity contribution is -0.908. The van der Waals surface area contributed by atoms with Crippen molar-refractivity contribution in [2.24, 2.45) is 0 Å². The van der Waals surface area contributed by atoms with Gasteiger partial charge in [0.15, 0.2) is 0 Å². The van der Waals surface area contributed by atoms with Crippen LogP contribution in [0, 0.1) is 0 Å². The predicted molar refractivity (Wildman–Crippen MR) is 104 cm³/mol. The molecule has 1 aromatic carbocycles. The maximum Gasteiger partial charge on any atom is 0.257 e. The quantitative estimate of drug-likeness (QED) is 0.610. The Hall–Kier alpha value is -2.64. The summed E-state index contributed by atoms with van der Waals surface area (Å²) >= 11 is 0. The lowest BCUT2D eigenvalue weighted by Gasteiger charge is -2.24. The van der Waals surface area contributed by atoms with E-state index in [9.17, 15) is 9.59 Å². The Kier molecular flexibility index (Phi) is 7.63. The van der Waals surface area contributed by atoms with Crippen LogP contribution in [0.3, 0.4) is 0 Å². The third-order valence-electron chi connectivity index (χ3n) is 4.84. The van der Waals surface area contributed by atoms with Crippen LogP contribution in [0.15, 0.2) is 53.3 Å². The lowest BCUT2D eigenvalue weighted by Crippen LogP contribution is -3.14. The summed E-state index contributed by atoms with van der Waals surface area (Å²) in [7, 11) is 0. The van der Waals surface area contributed by atoms with E-state index in [2.05, 4.69) is 5.32 Å². The van der Waals surface area contributed by atoms with Crippen LogP contribution in [0.4, 0.5) is 0 Å². The van der Waals surface area contributed by atoms with Crippen LogP contribution in [0.25, 0.3) is 0 Å². The normalized spacial score (nSPS) is 14.6. The van der Waals surface area contributed by atoms with Crippen molar-refractivity contribution in [3.05, 3.63) is 60.1 Å². The van der Waals surface area contributed by atoms with Crippen molar-refractivity contribution in [3.63, 3.8) is 0 Å². The summed E-state index contributed by atoms with van der Waals surface area (Å²) in [6.45, 7) is 5.70. The number of furan rings is 1. The number of nitrogens with zero attached hydrogens (tertiary/aromatic N) is 1. The highest BCUT2D eigenvalue weighted by atomic mass is 16.5. The minimum absolute atomic E-state index is 0.0172. The molecule has 1 saturated heterocycles. The molecule has 1 aliphatic heterocycles. The molecular formula is C21H28N3O4+. The Bertz CT molecular complexity index is 727. The first kappa shape index (κ1) is 20.1. The average Bonchev–Trinajstić information content (AvgIpc) is 3.27. The topological polar surface area (TPSA) is 76.2 Å². The fourth-order valence-corrected chi connectivity index (χ4v) is 3.28. The molecule has 0 aliphatic carbocycles. The second kappa shape index (κ2) is 10.6. The molecule has 1 aliphatic rings. The predicted octanol–water partition coefficient (Wildman–Crippen LogP) is 0.343. The molecule has 7 nitrogen and oxygen atoms in total. The molecule has 0 unspecified atom stereocenters. The zero-order chi connectivity index (χ0) is 19.6. The van der Waals surface area contributed by atoms with Crippen molar-refractivity contribution in [3.8, 4) is 0 Å². The van der Waals surface area contributed by atoms with Gasteiger partial charge in [-0.1, -0.05) is 30.3 Å². The average molecular weight is 386 g/mol. The van der Waals surface area contributed by atoms with E-state index in [1.807, 2.05) is 30.3 Å².